The first-order valence-corrected chi connectivity index (χ1v) is 3.50. The van der Waals surface area contributed by atoms with Gasteiger partial charge in [-0.25, -0.2) is 0 Å². The topological polar surface area (TPSA) is 115 Å². The maximum absolute atomic E-state index is 8.70. The molecule has 0 bridgehead atoms. The molecule has 0 fully saturated rings. The molecular weight excluding hydrogens is 170 g/mol. The Morgan fingerprint density at radius 2 is 0.778 bits per heavy atom. The molecule has 0 spiro atoms. The molecule has 0 unspecified atom stereocenters. The zero-order chi connectivity index (χ0) is 7.15. The van der Waals surface area contributed by atoms with Crippen molar-refractivity contribution in [1.82, 2.24) is 0 Å². The fourth-order valence-electron chi connectivity index (χ4n) is 0. The Morgan fingerprint density at radius 1 is 0.778 bits per heavy atom. The Bertz CT molecular complexity index is 69.1. The Kier molecular flexibility index (Phi) is 19.4. The molecule has 8 heteroatoms. The summed E-state index contributed by atoms with van der Waals surface area (Å²) in [6, 6.07) is 0. The zero-order valence-corrected chi connectivity index (χ0v) is 5.29. The van der Waals surface area contributed by atoms with Crippen LogP contribution in [0.5, 0.6) is 0 Å². The van der Waals surface area contributed by atoms with Crippen molar-refractivity contribution in [3.63, 3.8) is 0 Å². The lowest BCUT2D eigenvalue weighted by Gasteiger charge is -1.34. The van der Waals surface area contributed by atoms with Gasteiger partial charge < -0.3 is 0 Å². The Balaban J connectivity index is -0.0000000720. The second-order valence-electron chi connectivity index (χ2n) is 0.505. The third-order valence-corrected chi connectivity index (χ3v) is 0. The molecule has 0 amide bonds. The Morgan fingerprint density at radius 3 is 0.778 bits per heavy atom. The Hall–Kier alpha value is 0.0400. The van der Waals surface area contributed by atoms with E-state index in [1.165, 1.54) is 0 Å². The maximum Gasteiger partial charge on any atom is 0.692 e. The lowest BCUT2D eigenvalue weighted by molar-refractivity contribution is 0.403. The van der Waals surface area contributed by atoms with Gasteiger partial charge in [-0.15, -0.1) is 19.6 Å². The van der Waals surface area contributed by atoms with E-state index in [4.69, 9.17) is 28.7 Å². The zero-order valence-electron chi connectivity index (χ0n) is 3.50. The van der Waals surface area contributed by atoms with Crippen molar-refractivity contribution < 1.29 is 28.7 Å². The van der Waals surface area contributed by atoms with Crippen LogP contribution in [-0.4, -0.2) is 19.6 Å². The summed E-state index contributed by atoms with van der Waals surface area (Å²) in [4.78, 5) is 28.5. The van der Waals surface area contributed by atoms with E-state index in [-0.39, 0.29) is 7.43 Å². The second-order valence-corrected chi connectivity index (χ2v) is 1.52. The number of rotatable bonds is 0. The molecule has 0 radical (unpaired) electrons. The maximum atomic E-state index is 8.70. The summed E-state index contributed by atoms with van der Waals surface area (Å²) >= 11 is 0. The molecular formula is CH8O6P2+2. The first kappa shape index (κ1) is 16.0. The molecule has 0 aromatic carbocycles. The molecule has 4 N–H and O–H groups in total. The minimum Gasteiger partial charge on any atom is -0.134 e. The van der Waals surface area contributed by atoms with E-state index in [0.717, 1.165) is 0 Å². The largest absolute Gasteiger partial charge is 0.692 e. The van der Waals surface area contributed by atoms with Gasteiger partial charge in [0.05, 0.1) is 0 Å². The van der Waals surface area contributed by atoms with Crippen molar-refractivity contribution in [2.75, 3.05) is 0 Å². The molecule has 0 rings (SSSR count). The van der Waals surface area contributed by atoms with Gasteiger partial charge in [0, 0.05) is 9.13 Å². The van der Waals surface area contributed by atoms with Gasteiger partial charge in [-0.05, 0) is 0 Å². The van der Waals surface area contributed by atoms with Crippen molar-refractivity contribution in [3.8, 4) is 0 Å². The highest BCUT2D eigenvalue weighted by Crippen LogP contribution is 1.98. The van der Waals surface area contributed by atoms with Gasteiger partial charge in [0.1, 0.15) is 0 Å². The van der Waals surface area contributed by atoms with Crippen molar-refractivity contribution in [2.45, 2.75) is 7.43 Å². The highest BCUT2D eigenvalue weighted by Gasteiger charge is 1.93. The highest BCUT2D eigenvalue weighted by atomic mass is 31.1. The fraction of sp³-hybridized carbons (Fsp3) is 1.00. The molecule has 0 aromatic heterocycles. The van der Waals surface area contributed by atoms with Crippen LogP contribution < -0.4 is 0 Å². The predicted molar refractivity (Wildman–Crippen MR) is 30.8 cm³/mol. The molecule has 0 aliphatic carbocycles. The summed E-state index contributed by atoms with van der Waals surface area (Å²) in [6.45, 7) is 0. The molecule has 0 saturated carbocycles. The van der Waals surface area contributed by atoms with Crippen LogP contribution in [0.15, 0.2) is 0 Å². The van der Waals surface area contributed by atoms with Crippen LogP contribution in [0.25, 0.3) is 0 Å². The fourth-order valence-corrected chi connectivity index (χ4v) is 0. The normalized spacial score (nSPS) is 5.78. The van der Waals surface area contributed by atoms with Crippen molar-refractivity contribution in [1.29, 1.82) is 0 Å². The monoisotopic (exact) mass is 178 g/mol. The van der Waals surface area contributed by atoms with E-state index in [1.807, 2.05) is 0 Å². The van der Waals surface area contributed by atoms with Crippen LogP contribution >= 0.6 is 16.5 Å². The minimum absolute atomic E-state index is 0. The first-order chi connectivity index (χ1) is 3.46. The van der Waals surface area contributed by atoms with Crippen LogP contribution in [0, 0.1) is 0 Å². The third kappa shape index (κ3) is 183000. The second kappa shape index (κ2) is 10.9. The van der Waals surface area contributed by atoms with Crippen molar-refractivity contribution in [3.05, 3.63) is 0 Å². The molecule has 0 saturated heterocycles. The van der Waals surface area contributed by atoms with E-state index >= 15 is 0 Å². The van der Waals surface area contributed by atoms with Crippen LogP contribution in [0.2, 0.25) is 0 Å². The molecule has 0 aromatic rings. The van der Waals surface area contributed by atoms with Crippen LogP contribution in [0.4, 0.5) is 0 Å². The highest BCUT2D eigenvalue weighted by molar-refractivity contribution is 7.31. The molecule has 0 heterocycles. The standard InChI is InChI=1S/CH4.2HO3P/c;2*1-4(2)3/h1H4;2*(H-,1,2,3)/p+2. The average Bonchev–Trinajstić information content (AvgIpc) is 1.25. The summed E-state index contributed by atoms with van der Waals surface area (Å²) in [7, 11) is -5.74. The first-order valence-electron chi connectivity index (χ1n) is 1.17. The van der Waals surface area contributed by atoms with Gasteiger partial charge in [-0.3, -0.25) is 0 Å². The predicted octanol–water partition coefficient (Wildman–Crippen LogP) is -0.107. The van der Waals surface area contributed by atoms with Gasteiger partial charge in [-0.2, -0.15) is 0 Å². The van der Waals surface area contributed by atoms with Gasteiger partial charge in [0.2, 0.25) is 0 Å². The summed E-state index contributed by atoms with van der Waals surface area (Å²) in [5, 5.41) is 0. The third-order valence-electron chi connectivity index (χ3n) is 0. The van der Waals surface area contributed by atoms with E-state index in [0.29, 0.717) is 0 Å². The van der Waals surface area contributed by atoms with Crippen LogP contribution in [0.3, 0.4) is 0 Å². The number of hydrogen-bond acceptors (Lipinski definition) is 2. The average molecular weight is 178 g/mol. The van der Waals surface area contributed by atoms with Crippen molar-refractivity contribution >= 4 is 16.5 Å². The number of hydrogen-bond donors (Lipinski definition) is 4. The lowest BCUT2D eigenvalue weighted by atomic mass is 12.0. The van der Waals surface area contributed by atoms with E-state index < -0.39 is 16.5 Å². The summed E-state index contributed by atoms with van der Waals surface area (Å²) in [5.74, 6) is 0. The van der Waals surface area contributed by atoms with Gasteiger partial charge >= 0.3 is 16.5 Å². The minimum atomic E-state index is -2.87. The summed E-state index contributed by atoms with van der Waals surface area (Å²) in [5.41, 5.74) is 0. The molecule has 6 nitrogen and oxygen atoms in total. The van der Waals surface area contributed by atoms with Crippen LogP contribution in [-0.2, 0) is 9.13 Å². The van der Waals surface area contributed by atoms with E-state index in [1.54, 1.807) is 0 Å². The Labute approximate surface area is 53.7 Å². The van der Waals surface area contributed by atoms with Crippen molar-refractivity contribution in [2.24, 2.45) is 0 Å². The quantitative estimate of drug-likeness (QED) is 0.384. The molecule has 0 aliphatic heterocycles. The summed E-state index contributed by atoms with van der Waals surface area (Å²) < 4.78 is 17.4. The van der Waals surface area contributed by atoms with Gasteiger partial charge in [0.15, 0.2) is 0 Å². The van der Waals surface area contributed by atoms with Gasteiger partial charge in [0.25, 0.3) is 0 Å². The van der Waals surface area contributed by atoms with Crippen LogP contribution in [0.1, 0.15) is 7.43 Å². The molecule has 0 aliphatic rings. The van der Waals surface area contributed by atoms with E-state index in [2.05, 4.69) is 0 Å². The molecule has 9 heavy (non-hydrogen) atoms. The van der Waals surface area contributed by atoms with E-state index in [9.17, 15) is 0 Å². The molecule has 56 valence electrons. The lowest BCUT2D eigenvalue weighted by Crippen LogP contribution is -1.38. The smallest absolute Gasteiger partial charge is 0.134 e. The van der Waals surface area contributed by atoms with Gasteiger partial charge in [-0.1, -0.05) is 7.43 Å². The summed E-state index contributed by atoms with van der Waals surface area (Å²) in [6.07, 6.45) is 0. The SMILES string of the molecule is C.O=[P+](O)O.O=[P+](O)O. The molecule has 0 atom stereocenters.